The second kappa shape index (κ2) is 3.56. The van der Waals surface area contributed by atoms with Crippen molar-refractivity contribution in [2.75, 3.05) is 26.2 Å². The molecule has 1 fully saturated rings. The second-order valence-corrected chi connectivity index (χ2v) is 5.40. The molecule has 0 radical (unpaired) electrons. The third-order valence-corrected chi connectivity index (χ3v) is 2.57. The Kier molecular flexibility index (Phi) is 3.00. The van der Waals surface area contributed by atoms with Gasteiger partial charge in [-0.2, -0.15) is 0 Å². The molecule has 0 saturated carbocycles. The number of hydrogen-bond acceptors (Lipinski definition) is 3. The van der Waals surface area contributed by atoms with Gasteiger partial charge in [0.15, 0.2) is 0 Å². The lowest BCUT2D eigenvalue weighted by Gasteiger charge is -2.45. The molecular weight excluding hydrogens is 162 g/mol. The fourth-order valence-corrected chi connectivity index (χ4v) is 1.81. The maximum atomic E-state index is 6.03. The zero-order valence-corrected chi connectivity index (χ0v) is 9.35. The van der Waals surface area contributed by atoms with Gasteiger partial charge in [0, 0.05) is 37.3 Å². The highest BCUT2D eigenvalue weighted by atomic mass is 15.3. The van der Waals surface area contributed by atoms with E-state index in [1.165, 1.54) is 0 Å². The van der Waals surface area contributed by atoms with Crippen LogP contribution in [0.15, 0.2) is 0 Å². The number of hydrogen-bond donors (Lipinski definition) is 2. The van der Waals surface area contributed by atoms with Crippen LogP contribution < -0.4 is 11.1 Å². The molecule has 1 heterocycles. The fraction of sp³-hybridized carbons (Fsp3) is 1.00. The first kappa shape index (κ1) is 11.0. The molecule has 0 atom stereocenters. The van der Waals surface area contributed by atoms with E-state index < -0.39 is 0 Å². The van der Waals surface area contributed by atoms with Gasteiger partial charge in [0.2, 0.25) is 0 Å². The van der Waals surface area contributed by atoms with Crippen LogP contribution in [0.25, 0.3) is 0 Å². The first-order valence-corrected chi connectivity index (χ1v) is 5.06. The normalized spacial score (nSPS) is 24.7. The van der Waals surface area contributed by atoms with Crippen molar-refractivity contribution in [2.24, 2.45) is 5.73 Å². The van der Waals surface area contributed by atoms with Gasteiger partial charge in [0.25, 0.3) is 0 Å². The molecule has 0 bridgehead atoms. The molecule has 0 aromatic rings. The van der Waals surface area contributed by atoms with Crippen molar-refractivity contribution in [3.63, 3.8) is 0 Å². The highest BCUT2D eigenvalue weighted by molar-refractivity contribution is 4.92. The summed E-state index contributed by atoms with van der Waals surface area (Å²) < 4.78 is 0. The molecule has 0 spiro atoms. The van der Waals surface area contributed by atoms with Gasteiger partial charge in [-0.25, -0.2) is 0 Å². The second-order valence-electron chi connectivity index (χ2n) is 5.40. The van der Waals surface area contributed by atoms with Crippen LogP contribution in [0.5, 0.6) is 0 Å². The maximum absolute atomic E-state index is 6.03. The third kappa shape index (κ3) is 3.25. The fourth-order valence-electron chi connectivity index (χ4n) is 1.81. The van der Waals surface area contributed by atoms with E-state index >= 15 is 0 Å². The molecule has 78 valence electrons. The average molecular weight is 185 g/mol. The van der Waals surface area contributed by atoms with Gasteiger partial charge in [-0.3, -0.25) is 4.90 Å². The molecule has 1 aliphatic heterocycles. The smallest absolute Gasteiger partial charge is 0.0278 e. The number of nitrogens with one attached hydrogen (secondary N) is 1. The van der Waals surface area contributed by atoms with Crippen molar-refractivity contribution in [3.8, 4) is 0 Å². The Labute approximate surface area is 81.7 Å². The number of piperazine rings is 1. The number of nitrogens with two attached hydrogens (primary N) is 1. The highest BCUT2D eigenvalue weighted by Gasteiger charge is 2.31. The summed E-state index contributed by atoms with van der Waals surface area (Å²) in [6.07, 6.45) is 0. The molecule has 0 aromatic heterocycles. The SMILES string of the molecule is CC(C)(N)CN1CCNCC1(C)C. The van der Waals surface area contributed by atoms with Crippen LogP contribution in [0, 0.1) is 0 Å². The van der Waals surface area contributed by atoms with Gasteiger partial charge in [0.05, 0.1) is 0 Å². The summed E-state index contributed by atoms with van der Waals surface area (Å²) in [7, 11) is 0. The van der Waals surface area contributed by atoms with Crippen LogP contribution in [0.4, 0.5) is 0 Å². The Morgan fingerprint density at radius 1 is 1.46 bits per heavy atom. The Bertz CT molecular complexity index is 169. The van der Waals surface area contributed by atoms with E-state index in [4.69, 9.17) is 5.73 Å². The molecular formula is C10H23N3. The summed E-state index contributed by atoms with van der Waals surface area (Å²) in [6.45, 7) is 12.9. The molecule has 0 aliphatic carbocycles. The van der Waals surface area contributed by atoms with Crippen molar-refractivity contribution in [2.45, 2.75) is 38.8 Å². The van der Waals surface area contributed by atoms with E-state index in [1.807, 2.05) is 0 Å². The molecule has 0 aromatic carbocycles. The predicted octanol–water partition coefficient (Wildman–Crippen LogP) is 0.408. The van der Waals surface area contributed by atoms with Crippen molar-refractivity contribution < 1.29 is 0 Å². The molecule has 0 amide bonds. The van der Waals surface area contributed by atoms with Crippen LogP contribution in [-0.4, -0.2) is 42.2 Å². The Balaban J connectivity index is 2.56. The van der Waals surface area contributed by atoms with Crippen molar-refractivity contribution >= 4 is 0 Å². The van der Waals surface area contributed by atoms with Gasteiger partial charge in [-0.1, -0.05) is 0 Å². The first-order valence-electron chi connectivity index (χ1n) is 5.06. The lowest BCUT2D eigenvalue weighted by molar-refractivity contribution is 0.0714. The summed E-state index contributed by atoms with van der Waals surface area (Å²) >= 11 is 0. The van der Waals surface area contributed by atoms with Gasteiger partial charge < -0.3 is 11.1 Å². The van der Waals surface area contributed by atoms with Crippen LogP contribution in [-0.2, 0) is 0 Å². The maximum Gasteiger partial charge on any atom is 0.0278 e. The molecule has 1 aliphatic rings. The summed E-state index contributed by atoms with van der Waals surface area (Å²) in [6, 6.07) is 0. The molecule has 3 nitrogen and oxygen atoms in total. The van der Waals surface area contributed by atoms with E-state index in [2.05, 4.69) is 37.9 Å². The summed E-state index contributed by atoms with van der Waals surface area (Å²) in [5, 5.41) is 3.41. The summed E-state index contributed by atoms with van der Waals surface area (Å²) in [5.74, 6) is 0. The third-order valence-electron chi connectivity index (χ3n) is 2.57. The van der Waals surface area contributed by atoms with Crippen molar-refractivity contribution in [1.82, 2.24) is 10.2 Å². The van der Waals surface area contributed by atoms with Gasteiger partial charge in [-0.05, 0) is 27.7 Å². The molecule has 0 unspecified atom stereocenters. The zero-order chi connectivity index (χ0) is 10.1. The van der Waals surface area contributed by atoms with Crippen LogP contribution >= 0.6 is 0 Å². The van der Waals surface area contributed by atoms with Crippen LogP contribution in [0.3, 0.4) is 0 Å². The van der Waals surface area contributed by atoms with Gasteiger partial charge >= 0.3 is 0 Å². The minimum absolute atomic E-state index is 0.0887. The number of rotatable bonds is 2. The minimum atomic E-state index is -0.0887. The summed E-state index contributed by atoms with van der Waals surface area (Å²) in [4.78, 5) is 2.48. The average Bonchev–Trinajstić information content (AvgIpc) is 1.91. The largest absolute Gasteiger partial charge is 0.324 e. The van der Waals surface area contributed by atoms with Gasteiger partial charge in [0.1, 0.15) is 0 Å². The van der Waals surface area contributed by atoms with Crippen molar-refractivity contribution in [3.05, 3.63) is 0 Å². The van der Waals surface area contributed by atoms with Gasteiger partial charge in [-0.15, -0.1) is 0 Å². The quantitative estimate of drug-likeness (QED) is 0.654. The van der Waals surface area contributed by atoms with E-state index in [-0.39, 0.29) is 11.1 Å². The molecule has 1 rings (SSSR count). The monoisotopic (exact) mass is 185 g/mol. The van der Waals surface area contributed by atoms with E-state index in [0.29, 0.717) is 0 Å². The number of nitrogens with zero attached hydrogens (tertiary/aromatic N) is 1. The van der Waals surface area contributed by atoms with Crippen molar-refractivity contribution in [1.29, 1.82) is 0 Å². The zero-order valence-electron chi connectivity index (χ0n) is 9.35. The lowest BCUT2D eigenvalue weighted by Crippen LogP contribution is -2.62. The molecule has 3 heteroatoms. The first-order chi connectivity index (χ1) is 5.81. The van der Waals surface area contributed by atoms with Crippen LogP contribution in [0.1, 0.15) is 27.7 Å². The molecule has 1 saturated heterocycles. The Morgan fingerprint density at radius 3 is 2.54 bits per heavy atom. The van der Waals surface area contributed by atoms with E-state index in [1.54, 1.807) is 0 Å². The topological polar surface area (TPSA) is 41.3 Å². The predicted molar refractivity (Wildman–Crippen MR) is 56.8 cm³/mol. The summed E-state index contributed by atoms with van der Waals surface area (Å²) in [5.41, 5.74) is 6.18. The Hall–Kier alpha value is -0.120. The molecule has 3 N–H and O–H groups in total. The van der Waals surface area contributed by atoms with Crippen LogP contribution in [0.2, 0.25) is 0 Å². The minimum Gasteiger partial charge on any atom is -0.324 e. The Morgan fingerprint density at radius 2 is 2.08 bits per heavy atom. The van der Waals surface area contributed by atoms with E-state index in [9.17, 15) is 0 Å². The standard InChI is InChI=1S/C10H23N3/c1-9(2,11)8-13-6-5-12-7-10(13,3)4/h12H,5-8,11H2,1-4H3. The lowest BCUT2D eigenvalue weighted by atomic mass is 9.96. The molecule has 13 heavy (non-hydrogen) atoms. The highest BCUT2D eigenvalue weighted by Crippen LogP contribution is 2.18. The van der Waals surface area contributed by atoms with E-state index in [0.717, 1.165) is 26.2 Å².